The van der Waals surface area contributed by atoms with Gasteiger partial charge in [-0.3, -0.25) is 4.79 Å². The summed E-state index contributed by atoms with van der Waals surface area (Å²) in [6.07, 6.45) is 4.84. The lowest BCUT2D eigenvalue weighted by molar-refractivity contribution is 0.0947. The summed E-state index contributed by atoms with van der Waals surface area (Å²) in [5.74, 6) is 0.802. The first kappa shape index (κ1) is 15.0. The number of rotatable bonds is 4. The van der Waals surface area contributed by atoms with Crippen molar-refractivity contribution in [1.82, 2.24) is 30.0 Å². The maximum Gasteiger partial charge on any atom is 0.255 e. The van der Waals surface area contributed by atoms with Crippen molar-refractivity contribution in [2.45, 2.75) is 13.5 Å². The normalized spacial score (nSPS) is 10.9. The van der Waals surface area contributed by atoms with E-state index in [4.69, 9.17) is 4.42 Å². The summed E-state index contributed by atoms with van der Waals surface area (Å²) in [5.41, 5.74) is 2.28. The van der Waals surface area contributed by atoms with Gasteiger partial charge < -0.3 is 9.73 Å². The van der Waals surface area contributed by atoms with Crippen LogP contribution in [0.1, 0.15) is 21.9 Å². The molecule has 0 aromatic carbocycles. The lowest BCUT2D eigenvalue weighted by Gasteiger charge is -2.04. The molecule has 0 saturated carbocycles. The van der Waals surface area contributed by atoms with Crippen molar-refractivity contribution in [2.75, 3.05) is 0 Å². The predicted octanol–water partition coefficient (Wildman–Crippen LogP) is 2.04. The molecule has 0 unspecified atom stereocenters. The van der Waals surface area contributed by atoms with E-state index in [0.29, 0.717) is 34.2 Å². The smallest absolute Gasteiger partial charge is 0.255 e. The fourth-order valence-corrected chi connectivity index (χ4v) is 2.48. The first-order valence-electron chi connectivity index (χ1n) is 7.67. The summed E-state index contributed by atoms with van der Waals surface area (Å²) in [4.78, 5) is 25.0. The van der Waals surface area contributed by atoms with Gasteiger partial charge in [-0.05, 0) is 31.2 Å². The molecule has 4 heterocycles. The van der Waals surface area contributed by atoms with Crippen molar-refractivity contribution in [3.05, 3.63) is 66.1 Å². The van der Waals surface area contributed by atoms with Gasteiger partial charge in [0, 0.05) is 12.4 Å². The Bertz CT molecular complexity index is 1000. The molecule has 4 rings (SSSR count). The molecular formula is C17H14N6O2. The van der Waals surface area contributed by atoms with E-state index < -0.39 is 0 Å². The van der Waals surface area contributed by atoms with Crippen LogP contribution in [0.25, 0.3) is 17.0 Å². The van der Waals surface area contributed by atoms with Gasteiger partial charge in [0.05, 0.1) is 24.0 Å². The fraction of sp³-hybridized carbons (Fsp3) is 0.118. The van der Waals surface area contributed by atoms with Crippen LogP contribution in [-0.2, 0) is 6.54 Å². The molecule has 0 saturated heterocycles. The molecule has 0 atom stereocenters. The monoisotopic (exact) mass is 334 g/mol. The zero-order valence-electron chi connectivity index (χ0n) is 13.4. The topological polar surface area (TPSA) is 98.7 Å². The van der Waals surface area contributed by atoms with Gasteiger partial charge in [0.25, 0.3) is 5.91 Å². The minimum Gasteiger partial charge on any atom is -0.437 e. The second kappa shape index (κ2) is 6.16. The summed E-state index contributed by atoms with van der Waals surface area (Å²) in [5, 5.41) is 7.03. The van der Waals surface area contributed by atoms with Gasteiger partial charge in [-0.1, -0.05) is 6.07 Å². The quantitative estimate of drug-likeness (QED) is 0.613. The van der Waals surface area contributed by atoms with E-state index in [9.17, 15) is 4.79 Å². The molecule has 25 heavy (non-hydrogen) atoms. The molecule has 0 aliphatic rings. The number of fused-ring (bicyclic) bond motifs is 1. The van der Waals surface area contributed by atoms with Crippen LogP contribution < -0.4 is 5.32 Å². The number of hydrogen-bond acceptors (Lipinski definition) is 6. The number of nitrogens with one attached hydrogen (secondary N) is 1. The van der Waals surface area contributed by atoms with Gasteiger partial charge in [-0.2, -0.15) is 10.1 Å². The number of nitrogens with zero attached hydrogens (tertiary/aromatic N) is 5. The van der Waals surface area contributed by atoms with Crippen LogP contribution in [0.15, 0.2) is 53.3 Å². The van der Waals surface area contributed by atoms with Crippen LogP contribution in [0.3, 0.4) is 0 Å². The van der Waals surface area contributed by atoms with Crippen LogP contribution in [0.2, 0.25) is 0 Å². The molecule has 124 valence electrons. The lowest BCUT2D eigenvalue weighted by Crippen LogP contribution is -2.23. The molecule has 1 amide bonds. The lowest BCUT2D eigenvalue weighted by atomic mass is 10.2. The van der Waals surface area contributed by atoms with Gasteiger partial charge in [-0.15, -0.1) is 0 Å². The molecule has 4 aromatic heterocycles. The highest BCUT2D eigenvalue weighted by Gasteiger charge is 2.16. The SMILES string of the molecule is Cc1c(C(=O)NCc2nc3ncccc3o2)cnn1-c1ccccn1. The first-order chi connectivity index (χ1) is 12.2. The molecule has 0 aliphatic carbocycles. The highest BCUT2D eigenvalue weighted by Crippen LogP contribution is 2.14. The molecular weight excluding hydrogens is 320 g/mol. The van der Waals surface area contributed by atoms with E-state index in [-0.39, 0.29) is 12.5 Å². The van der Waals surface area contributed by atoms with E-state index in [1.807, 2.05) is 25.1 Å². The first-order valence-corrected chi connectivity index (χ1v) is 7.67. The van der Waals surface area contributed by atoms with Gasteiger partial charge in [-0.25, -0.2) is 14.6 Å². The van der Waals surface area contributed by atoms with Crippen molar-refractivity contribution in [1.29, 1.82) is 0 Å². The predicted molar refractivity (Wildman–Crippen MR) is 89.1 cm³/mol. The number of oxazole rings is 1. The standard InChI is InChI=1S/C17H14N6O2/c1-11-12(9-21-23(11)14-6-2-3-7-18-14)17(24)20-10-15-22-16-13(25-15)5-4-8-19-16/h2-9H,10H2,1H3,(H,20,24). The van der Waals surface area contributed by atoms with Gasteiger partial charge >= 0.3 is 0 Å². The second-order valence-electron chi connectivity index (χ2n) is 5.36. The van der Waals surface area contributed by atoms with Crippen LogP contribution >= 0.6 is 0 Å². The third-order valence-electron chi connectivity index (χ3n) is 3.73. The van der Waals surface area contributed by atoms with E-state index in [2.05, 4.69) is 25.4 Å². The molecule has 8 nitrogen and oxygen atoms in total. The number of carbonyl (C=O) groups excluding carboxylic acids is 1. The zero-order valence-corrected chi connectivity index (χ0v) is 13.4. The Morgan fingerprint density at radius 3 is 2.88 bits per heavy atom. The van der Waals surface area contributed by atoms with Gasteiger partial charge in [0.1, 0.15) is 0 Å². The van der Waals surface area contributed by atoms with Crippen LogP contribution in [0.4, 0.5) is 0 Å². The average molecular weight is 334 g/mol. The third kappa shape index (κ3) is 2.85. The molecule has 1 N–H and O–H groups in total. The molecule has 0 spiro atoms. The molecule has 8 heteroatoms. The van der Waals surface area contributed by atoms with E-state index >= 15 is 0 Å². The number of aromatic nitrogens is 5. The minimum absolute atomic E-state index is 0.170. The Morgan fingerprint density at radius 1 is 1.20 bits per heavy atom. The molecule has 0 aliphatic heterocycles. The van der Waals surface area contributed by atoms with Gasteiger partial charge in [0.2, 0.25) is 5.89 Å². The van der Waals surface area contributed by atoms with Crippen LogP contribution in [0, 0.1) is 6.92 Å². The molecule has 0 bridgehead atoms. The number of amides is 1. The van der Waals surface area contributed by atoms with Crippen LogP contribution in [0.5, 0.6) is 0 Å². The van der Waals surface area contributed by atoms with E-state index in [0.717, 1.165) is 0 Å². The molecule has 4 aromatic rings. The third-order valence-corrected chi connectivity index (χ3v) is 3.73. The highest BCUT2D eigenvalue weighted by molar-refractivity contribution is 5.95. The largest absolute Gasteiger partial charge is 0.437 e. The summed E-state index contributed by atoms with van der Waals surface area (Å²) >= 11 is 0. The number of hydrogen-bond donors (Lipinski definition) is 1. The fourth-order valence-electron chi connectivity index (χ4n) is 2.48. The summed E-state index contributed by atoms with van der Waals surface area (Å²) in [6.45, 7) is 1.99. The van der Waals surface area contributed by atoms with Crippen molar-refractivity contribution in [3.63, 3.8) is 0 Å². The van der Waals surface area contributed by atoms with E-state index in [1.165, 1.54) is 6.20 Å². The van der Waals surface area contributed by atoms with Crippen molar-refractivity contribution >= 4 is 17.1 Å². The Labute approximate surface area is 142 Å². The second-order valence-corrected chi connectivity index (χ2v) is 5.36. The Kier molecular flexibility index (Phi) is 3.70. The van der Waals surface area contributed by atoms with Gasteiger partial charge in [0.15, 0.2) is 17.0 Å². The number of pyridine rings is 2. The number of carbonyl (C=O) groups is 1. The Hall–Kier alpha value is -3.55. The average Bonchev–Trinajstić information content (AvgIpc) is 3.23. The molecule has 0 radical (unpaired) electrons. The maximum atomic E-state index is 12.4. The molecule has 0 fully saturated rings. The van der Waals surface area contributed by atoms with Crippen molar-refractivity contribution in [3.8, 4) is 5.82 Å². The summed E-state index contributed by atoms with van der Waals surface area (Å²) < 4.78 is 7.16. The van der Waals surface area contributed by atoms with Crippen molar-refractivity contribution in [2.24, 2.45) is 0 Å². The maximum absolute atomic E-state index is 12.4. The summed E-state index contributed by atoms with van der Waals surface area (Å²) in [6, 6.07) is 9.07. The summed E-state index contributed by atoms with van der Waals surface area (Å²) in [7, 11) is 0. The minimum atomic E-state index is -0.255. The zero-order chi connectivity index (χ0) is 17.2. The van der Waals surface area contributed by atoms with Crippen LogP contribution in [-0.4, -0.2) is 30.6 Å². The Balaban J connectivity index is 1.51. The van der Waals surface area contributed by atoms with E-state index in [1.54, 1.807) is 29.2 Å². The van der Waals surface area contributed by atoms with Crippen molar-refractivity contribution < 1.29 is 9.21 Å². The highest BCUT2D eigenvalue weighted by atomic mass is 16.3. The Morgan fingerprint density at radius 2 is 2.08 bits per heavy atom.